The molecule has 1 aliphatic heterocycles. The first-order chi connectivity index (χ1) is 9.66. The molecule has 0 aromatic heterocycles. The number of rotatable bonds is 6. The number of benzene rings is 1. The van der Waals surface area contributed by atoms with Crippen molar-refractivity contribution in [2.75, 3.05) is 19.6 Å². The van der Waals surface area contributed by atoms with E-state index < -0.39 is 11.5 Å². The van der Waals surface area contributed by atoms with Crippen LogP contribution in [0, 0.1) is 0 Å². The van der Waals surface area contributed by atoms with Crippen LogP contribution < -0.4 is 5.32 Å². The van der Waals surface area contributed by atoms with E-state index in [1.165, 1.54) is 5.56 Å². The van der Waals surface area contributed by atoms with Crippen molar-refractivity contribution in [2.24, 2.45) is 0 Å². The molecule has 110 valence electrons. The van der Waals surface area contributed by atoms with Crippen LogP contribution in [0.4, 0.5) is 0 Å². The highest BCUT2D eigenvalue weighted by Gasteiger charge is 2.41. The van der Waals surface area contributed by atoms with Crippen molar-refractivity contribution in [3.8, 4) is 0 Å². The van der Waals surface area contributed by atoms with Gasteiger partial charge in [0, 0.05) is 13.1 Å². The van der Waals surface area contributed by atoms with Crippen molar-refractivity contribution in [1.82, 2.24) is 10.2 Å². The number of aliphatic carboxylic acids is 1. The molecule has 0 bridgehead atoms. The highest BCUT2D eigenvalue weighted by Crippen LogP contribution is 2.23. The second-order valence-corrected chi connectivity index (χ2v) is 5.61. The molecule has 0 radical (unpaired) electrons. The molecule has 1 aliphatic rings. The topological polar surface area (TPSA) is 52.6 Å². The monoisotopic (exact) mass is 276 g/mol. The van der Waals surface area contributed by atoms with Gasteiger partial charge in [-0.25, -0.2) is 0 Å². The molecule has 1 aromatic carbocycles. The molecule has 0 amide bonds. The van der Waals surface area contributed by atoms with Crippen LogP contribution >= 0.6 is 0 Å². The number of hydrogen-bond acceptors (Lipinski definition) is 3. The highest BCUT2D eigenvalue weighted by molar-refractivity contribution is 5.79. The Balaban J connectivity index is 2.04. The average molecular weight is 276 g/mol. The predicted octanol–water partition coefficient (Wildman–Crippen LogP) is 2.11. The van der Waals surface area contributed by atoms with Crippen molar-refractivity contribution in [3.05, 3.63) is 35.9 Å². The second-order valence-electron chi connectivity index (χ2n) is 5.61. The second kappa shape index (κ2) is 6.86. The van der Waals surface area contributed by atoms with Crippen LogP contribution in [0.15, 0.2) is 30.3 Å². The van der Waals surface area contributed by atoms with E-state index in [9.17, 15) is 9.90 Å². The molecular weight excluding hydrogens is 252 g/mol. The summed E-state index contributed by atoms with van der Waals surface area (Å²) >= 11 is 0. The molecule has 1 fully saturated rings. The summed E-state index contributed by atoms with van der Waals surface area (Å²) in [7, 11) is 0. The molecule has 4 heteroatoms. The quantitative estimate of drug-likeness (QED) is 0.835. The molecular formula is C16H24N2O2. The summed E-state index contributed by atoms with van der Waals surface area (Å²) < 4.78 is 0. The van der Waals surface area contributed by atoms with Gasteiger partial charge in [0.2, 0.25) is 0 Å². The molecule has 2 rings (SSSR count). The predicted molar refractivity (Wildman–Crippen MR) is 79.6 cm³/mol. The first-order valence-electron chi connectivity index (χ1n) is 7.41. The van der Waals surface area contributed by atoms with E-state index in [-0.39, 0.29) is 0 Å². The molecule has 0 spiro atoms. The third kappa shape index (κ3) is 3.58. The van der Waals surface area contributed by atoms with Gasteiger partial charge in [-0.3, -0.25) is 9.69 Å². The zero-order chi connectivity index (χ0) is 14.4. The summed E-state index contributed by atoms with van der Waals surface area (Å²) in [5.74, 6) is -0.719. The minimum absolute atomic E-state index is 0.581. The molecule has 4 nitrogen and oxygen atoms in total. The van der Waals surface area contributed by atoms with Gasteiger partial charge in [0.25, 0.3) is 0 Å². The first kappa shape index (κ1) is 15.0. The fraction of sp³-hybridized carbons (Fsp3) is 0.562. The standard InChI is InChI=1S/C16H24N2O2/c1-2-10-17-16(15(19)20)9-6-11-18(13-16)12-14-7-4-3-5-8-14/h3-5,7-8,17H,2,6,9-13H2,1H3,(H,19,20). The van der Waals surface area contributed by atoms with Crippen LogP contribution in [0.5, 0.6) is 0 Å². The number of piperidine rings is 1. The van der Waals surface area contributed by atoms with Crippen molar-refractivity contribution < 1.29 is 9.90 Å². The van der Waals surface area contributed by atoms with Crippen molar-refractivity contribution in [2.45, 2.75) is 38.3 Å². The maximum atomic E-state index is 11.7. The van der Waals surface area contributed by atoms with Crippen LogP contribution in [0.2, 0.25) is 0 Å². The Morgan fingerprint density at radius 1 is 1.40 bits per heavy atom. The van der Waals surface area contributed by atoms with E-state index in [4.69, 9.17) is 0 Å². The summed E-state index contributed by atoms with van der Waals surface area (Å²) in [4.78, 5) is 13.9. The smallest absolute Gasteiger partial charge is 0.325 e. The van der Waals surface area contributed by atoms with Crippen molar-refractivity contribution in [1.29, 1.82) is 0 Å². The first-order valence-corrected chi connectivity index (χ1v) is 7.41. The van der Waals surface area contributed by atoms with Gasteiger partial charge in [-0.1, -0.05) is 37.3 Å². The van der Waals surface area contributed by atoms with Crippen molar-refractivity contribution in [3.63, 3.8) is 0 Å². The third-order valence-corrected chi connectivity index (χ3v) is 3.94. The van der Waals surface area contributed by atoms with Gasteiger partial charge in [0.05, 0.1) is 0 Å². The Morgan fingerprint density at radius 3 is 2.80 bits per heavy atom. The van der Waals surface area contributed by atoms with Gasteiger partial charge in [0.15, 0.2) is 0 Å². The Kier molecular flexibility index (Phi) is 5.15. The summed E-state index contributed by atoms with van der Waals surface area (Å²) in [6.45, 7) is 5.19. The molecule has 1 aromatic rings. The highest BCUT2D eigenvalue weighted by atomic mass is 16.4. The summed E-state index contributed by atoms with van der Waals surface area (Å²) in [5, 5.41) is 12.9. The minimum atomic E-state index is -0.775. The molecule has 1 unspecified atom stereocenters. The van der Waals surface area contributed by atoms with E-state index >= 15 is 0 Å². The molecule has 0 aliphatic carbocycles. The number of carboxylic acid groups (broad SMARTS) is 1. The summed E-state index contributed by atoms with van der Waals surface area (Å²) in [5.41, 5.74) is 0.465. The Bertz CT molecular complexity index is 435. The third-order valence-electron chi connectivity index (χ3n) is 3.94. The normalized spacial score (nSPS) is 23.6. The molecule has 20 heavy (non-hydrogen) atoms. The van der Waals surface area contributed by atoms with Gasteiger partial charge < -0.3 is 10.4 Å². The zero-order valence-electron chi connectivity index (χ0n) is 12.1. The average Bonchev–Trinajstić information content (AvgIpc) is 2.46. The van der Waals surface area contributed by atoms with E-state index in [1.54, 1.807) is 0 Å². The number of likely N-dealkylation sites (tertiary alicyclic amines) is 1. The Morgan fingerprint density at radius 2 is 2.15 bits per heavy atom. The maximum absolute atomic E-state index is 11.7. The van der Waals surface area contributed by atoms with Crippen LogP contribution in [-0.2, 0) is 11.3 Å². The van der Waals surface area contributed by atoms with E-state index in [2.05, 4.69) is 29.3 Å². The molecule has 1 saturated heterocycles. The number of nitrogens with zero attached hydrogens (tertiary/aromatic N) is 1. The van der Waals surface area contributed by atoms with Crippen LogP contribution in [0.25, 0.3) is 0 Å². The van der Waals surface area contributed by atoms with Crippen LogP contribution in [-0.4, -0.2) is 41.1 Å². The van der Waals surface area contributed by atoms with Gasteiger partial charge in [-0.05, 0) is 37.9 Å². The molecule has 1 atom stereocenters. The van der Waals surface area contributed by atoms with E-state index in [1.807, 2.05) is 18.2 Å². The lowest BCUT2D eigenvalue weighted by Crippen LogP contribution is -2.61. The zero-order valence-corrected chi connectivity index (χ0v) is 12.1. The van der Waals surface area contributed by atoms with Gasteiger partial charge in [-0.15, -0.1) is 0 Å². The van der Waals surface area contributed by atoms with Crippen molar-refractivity contribution >= 4 is 5.97 Å². The number of carbonyl (C=O) groups is 1. The lowest BCUT2D eigenvalue weighted by Gasteiger charge is -2.40. The van der Waals surface area contributed by atoms with E-state index in [0.29, 0.717) is 13.0 Å². The summed E-state index contributed by atoms with van der Waals surface area (Å²) in [6.07, 6.45) is 2.59. The number of carboxylic acids is 1. The van der Waals surface area contributed by atoms with Gasteiger partial charge in [-0.2, -0.15) is 0 Å². The molecule has 0 saturated carbocycles. The van der Waals surface area contributed by atoms with E-state index in [0.717, 1.165) is 32.5 Å². The minimum Gasteiger partial charge on any atom is -0.480 e. The fourth-order valence-electron chi connectivity index (χ4n) is 2.88. The molecule has 1 heterocycles. The lowest BCUT2D eigenvalue weighted by atomic mass is 9.88. The largest absolute Gasteiger partial charge is 0.480 e. The number of hydrogen-bond donors (Lipinski definition) is 2. The SMILES string of the molecule is CCCNC1(C(=O)O)CCCN(Cc2ccccc2)C1. The fourth-order valence-corrected chi connectivity index (χ4v) is 2.88. The molecule has 2 N–H and O–H groups in total. The van der Waals surface area contributed by atoms with Crippen LogP contribution in [0.3, 0.4) is 0 Å². The van der Waals surface area contributed by atoms with Gasteiger partial charge >= 0.3 is 5.97 Å². The maximum Gasteiger partial charge on any atom is 0.325 e. The summed E-state index contributed by atoms with van der Waals surface area (Å²) in [6, 6.07) is 10.2. The Labute approximate surface area is 120 Å². The lowest BCUT2D eigenvalue weighted by molar-refractivity contribution is -0.147. The van der Waals surface area contributed by atoms with Gasteiger partial charge in [0.1, 0.15) is 5.54 Å². The Hall–Kier alpha value is -1.39. The van der Waals surface area contributed by atoms with Crippen LogP contribution in [0.1, 0.15) is 31.7 Å². The number of nitrogens with one attached hydrogen (secondary N) is 1.